The lowest BCUT2D eigenvalue weighted by molar-refractivity contribution is -0.135. The van der Waals surface area contributed by atoms with Crippen molar-refractivity contribution in [1.82, 2.24) is 15.1 Å². The molecule has 0 bridgehead atoms. The van der Waals surface area contributed by atoms with Crippen LogP contribution in [0, 0.1) is 0 Å². The van der Waals surface area contributed by atoms with Gasteiger partial charge in [0.1, 0.15) is 6.04 Å². The van der Waals surface area contributed by atoms with E-state index in [2.05, 4.69) is 5.32 Å². The fraction of sp³-hybridized carbons (Fsp3) is 0.276. The van der Waals surface area contributed by atoms with Crippen molar-refractivity contribution in [3.05, 3.63) is 93.5 Å². The molecule has 1 saturated heterocycles. The van der Waals surface area contributed by atoms with E-state index in [-0.39, 0.29) is 35.6 Å². The molecule has 2 heterocycles. The maximum atomic E-state index is 13.8. The number of carbonyl (C=O) groups is 3. The van der Waals surface area contributed by atoms with Gasteiger partial charge in [-0.2, -0.15) is 0 Å². The van der Waals surface area contributed by atoms with Crippen LogP contribution < -0.4 is 14.8 Å². The average molecular weight is 568 g/mol. The lowest BCUT2D eigenvalue weighted by atomic mass is 10.0. The molecule has 2 aliphatic heterocycles. The Morgan fingerprint density at radius 2 is 1.74 bits per heavy atom. The Bertz CT molecular complexity index is 1400. The van der Waals surface area contributed by atoms with Crippen LogP contribution in [0.2, 0.25) is 10.0 Å². The molecule has 0 aliphatic carbocycles. The number of fused-ring (bicyclic) bond motifs is 1. The molecule has 0 saturated carbocycles. The van der Waals surface area contributed by atoms with Crippen LogP contribution in [-0.4, -0.2) is 66.0 Å². The van der Waals surface area contributed by atoms with Gasteiger partial charge in [0, 0.05) is 42.7 Å². The predicted molar refractivity (Wildman–Crippen MR) is 148 cm³/mol. The first kappa shape index (κ1) is 26.8. The maximum Gasteiger partial charge on any atom is 0.255 e. The maximum absolute atomic E-state index is 13.8. The van der Waals surface area contributed by atoms with Crippen molar-refractivity contribution in [3.8, 4) is 11.5 Å². The Hall–Kier alpha value is -3.75. The monoisotopic (exact) mass is 567 g/mol. The molecular weight excluding hydrogens is 541 g/mol. The number of amides is 3. The van der Waals surface area contributed by atoms with Crippen molar-refractivity contribution in [2.75, 3.05) is 26.4 Å². The van der Waals surface area contributed by atoms with Crippen molar-refractivity contribution in [1.29, 1.82) is 0 Å². The molecule has 3 aromatic carbocycles. The first-order valence-electron chi connectivity index (χ1n) is 12.6. The highest BCUT2D eigenvalue weighted by atomic mass is 35.5. The minimum absolute atomic E-state index is 0.104. The molecule has 0 spiro atoms. The first-order chi connectivity index (χ1) is 18.8. The summed E-state index contributed by atoms with van der Waals surface area (Å²) in [5.41, 5.74) is 1.65. The Kier molecular flexibility index (Phi) is 7.95. The van der Waals surface area contributed by atoms with Gasteiger partial charge >= 0.3 is 0 Å². The van der Waals surface area contributed by atoms with E-state index < -0.39 is 6.04 Å². The van der Waals surface area contributed by atoms with Gasteiger partial charge in [0.05, 0.1) is 10.6 Å². The van der Waals surface area contributed by atoms with Gasteiger partial charge in [-0.3, -0.25) is 14.4 Å². The molecule has 1 fully saturated rings. The molecule has 10 heteroatoms. The molecule has 3 aromatic rings. The van der Waals surface area contributed by atoms with Gasteiger partial charge in [0.25, 0.3) is 11.8 Å². The molecule has 2 aliphatic rings. The quantitative estimate of drug-likeness (QED) is 0.476. The lowest BCUT2D eigenvalue weighted by Gasteiger charge is -2.41. The molecule has 8 nitrogen and oxygen atoms in total. The summed E-state index contributed by atoms with van der Waals surface area (Å²) < 4.78 is 10.7. The third-order valence-corrected chi connectivity index (χ3v) is 7.43. The second-order valence-corrected chi connectivity index (χ2v) is 10.4. The zero-order valence-corrected chi connectivity index (χ0v) is 22.7. The number of ether oxygens (including phenoxy) is 2. The minimum Gasteiger partial charge on any atom is -0.454 e. The summed E-state index contributed by atoms with van der Waals surface area (Å²) in [5.74, 6) is 0.250. The normalized spacial score (nSPS) is 17.1. The standard InChI is InChI=1S/C29H27Cl2N3O5/c1-18-16-33(11-12-34(18)28(36)22-9-8-21(30)15-23(22)31)29(37)24(13-19-5-3-2-4-6-19)32-27(35)20-7-10-25-26(14-20)39-17-38-25/h2-10,14-15,18,24H,11-13,16-17H2,1H3,(H,32,35)/t18-,24+/m0/s1. The van der Waals surface area contributed by atoms with Crippen LogP contribution in [0.3, 0.4) is 0 Å². The van der Waals surface area contributed by atoms with E-state index in [4.69, 9.17) is 32.7 Å². The molecule has 0 radical (unpaired) electrons. The van der Waals surface area contributed by atoms with Crippen LogP contribution in [0.5, 0.6) is 11.5 Å². The van der Waals surface area contributed by atoms with Gasteiger partial charge in [-0.25, -0.2) is 0 Å². The highest BCUT2D eigenvalue weighted by Gasteiger charge is 2.34. The van der Waals surface area contributed by atoms with E-state index in [9.17, 15) is 14.4 Å². The molecular formula is C29H27Cl2N3O5. The zero-order valence-electron chi connectivity index (χ0n) is 21.2. The molecule has 0 aromatic heterocycles. The van der Waals surface area contributed by atoms with Crippen molar-refractivity contribution in [2.24, 2.45) is 0 Å². The molecule has 0 unspecified atom stereocenters. The molecule has 1 N–H and O–H groups in total. The van der Waals surface area contributed by atoms with E-state index >= 15 is 0 Å². The summed E-state index contributed by atoms with van der Waals surface area (Å²) in [6.45, 7) is 2.97. The Morgan fingerprint density at radius 3 is 2.49 bits per heavy atom. The Morgan fingerprint density at radius 1 is 0.974 bits per heavy atom. The molecule has 2 atom stereocenters. The Labute approximate surface area is 236 Å². The highest BCUT2D eigenvalue weighted by molar-refractivity contribution is 6.36. The summed E-state index contributed by atoms with van der Waals surface area (Å²) in [7, 11) is 0. The zero-order chi connectivity index (χ0) is 27.5. The first-order valence-corrected chi connectivity index (χ1v) is 13.3. The number of piperazine rings is 1. The van der Waals surface area contributed by atoms with Crippen molar-refractivity contribution in [3.63, 3.8) is 0 Å². The van der Waals surface area contributed by atoms with Crippen LogP contribution in [0.1, 0.15) is 33.2 Å². The number of benzene rings is 3. The summed E-state index contributed by atoms with van der Waals surface area (Å²) in [5, 5.41) is 3.66. The van der Waals surface area contributed by atoms with Gasteiger partial charge in [0.15, 0.2) is 11.5 Å². The van der Waals surface area contributed by atoms with Crippen LogP contribution in [-0.2, 0) is 11.2 Å². The summed E-state index contributed by atoms with van der Waals surface area (Å²) in [4.78, 5) is 43.6. The van der Waals surface area contributed by atoms with E-state index in [1.165, 1.54) is 6.07 Å². The second kappa shape index (κ2) is 11.6. The van der Waals surface area contributed by atoms with Crippen molar-refractivity contribution >= 4 is 40.9 Å². The van der Waals surface area contributed by atoms with Crippen LogP contribution in [0.25, 0.3) is 0 Å². The number of rotatable bonds is 6. The molecule has 202 valence electrons. The fourth-order valence-corrected chi connectivity index (χ4v) is 5.32. The summed E-state index contributed by atoms with van der Waals surface area (Å²) in [6.07, 6.45) is 0.323. The lowest BCUT2D eigenvalue weighted by Crippen LogP contribution is -2.59. The number of halogens is 2. The SMILES string of the molecule is C[C@H]1CN(C(=O)[C@@H](Cc2ccccc2)NC(=O)c2ccc3c(c2)OCO3)CCN1C(=O)c1ccc(Cl)cc1Cl. The van der Waals surface area contributed by atoms with Crippen LogP contribution in [0.15, 0.2) is 66.7 Å². The van der Waals surface area contributed by atoms with E-state index in [1.54, 1.807) is 40.1 Å². The average Bonchev–Trinajstić information content (AvgIpc) is 3.40. The Balaban J connectivity index is 1.30. The number of carbonyl (C=O) groups excluding carboxylic acids is 3. The minimum atomic E-state index is -0.800. The number of nitrogens with one attached hydrogen (secondary N) is 1. The smallest absolute Gasteiger partial charge is 0.255 e. The summed E-state index contributed by atoms with van der Waals surface area (Å²) >= 11 is 12.2. The van der Waals surface area contributed by atoms with Crippen molar-refractivity contribution < 1.29 is 23.9 Å². The molecule has 3 amide bonds. The third-order valence-electron chi connectivity index (χ3n) is 6.88. The van der Waals surface area contributed by atoms with E-state index in [0.717, 1.165) is 5.56 Å². The molecule has 5 rings (SSSR count). The highest BCUT2D eigenvalue weighted by Crippen LogP contribution is 2.32. The topological polar surface area (TPSA) is 88.2 Å². The van der Waals surface area contributed by atoms with Gasteiger partial charge in [-0.1, -0.05) is 53.5 Å². The van der Waals surface area contributed by atoms with Crippen LogP contribution in [0.4, 0.5) is 0 Å². The van der Waals surface area contributed by atoms with Gasteiger partial charge in [-0.05, 0) is 48.9 Å². The number of hydrogen-bond acceptors (Lipinski definition) is 5. The van der Waals surface area contributed by atoms with E-state index in [0.29, 0.717) is 53.7 Å². The van der Waals surface area contributed by atoms with Gasteiger partial charge in [-0.15, -0.1) is 0 Å². The largest absolute Gasteiger partial charge is 0.454 e. The predicted octanol–water partition coefficient (Wildman–Crippen LogP) is 4.44. The van der Waals surface area contributed by atoms with Gasteiger partial charge in [0.2, 0.25) is 12.7 Å². The second-order valence-electron chi connectivity index (χ2n) is 9.54. The summed E-state index contributed by atoms with van der Waals surface area (Å²) in [6, 6.07) is 18.2. The van der Waals surface area contributed by atoms with E-state index in [1.807, 2.05) is 37.3 Å². The third kappa shape index (κ3) is 5.97. The van der Waals surface area contributed by atoms with Crippen LogP contribution >= 0.6 is 23.2 Å². The number of hydrogen-bond donors (Lipinski definition) is 1. The fourth-order valence-electron chi connectivity index (χ4n) is 4.83. The van der Waals surface area contributed by atoms with Crippen molar-refractivity contribution in [2.45, 2.75) is 25.4 Å². The number of nitrogens with zero attached hydrogens (tertiary/aromatic N) is 2. The molecule has 39 heavy (non-hydrogen) atoms. The van der Waals surface area contributed by atoms with Gasteiger partial charge < -0.3 is 24.6 Å².